The molecule has 18 heavy (non-hydrogen) atoms. The molecule has 0 aromatic carbocycles. The van der Waals surface area contributed by atoms with E-state index in [2.05, 4.69) is 4.98 Å². The maximum atomic E-state index is 12.0. The average molecular weight is 268 g/mol. The van der Waals surface area contributed by atoms with Crippen LogP contribution >= 0.6 is 0 Å². The van der Waals surface area contributed by atoms with Crippen LogP contribution in [0, 0.1) is 0 Å². The van der Waals surface area contributed by atoms with E-state index in [0.717, 1.165) is 4.31 Å². The molecule has 1 aliphatic rings. The fraction of sp³-hybridized carbons (Fsp3) is 0.364. The molecule has 0 saturated carbocycles. The Hall–Kier alpha value is -1.76. The molecular formula is C11H12N2O4S. The van der Waals surface area contributed by atoms with E-state index in [4.69, 9.17) is 4.74 Å². The molecule has 1 atom stereocenters. The lowest BCUT2D eigenvalue weighted by Crippen LogP contribution is -2.29. The summed E-state index contributed by atoms with van der Waals surface area (Å²) < 4.78 is 17.9. The number of amides is 1. The minimum atomic E-state index is -1.62. The summed E-state index contributed by atoms with van der Waals surface area (Å²) in [6, 6.07) is 3.19. The molecule has 1 unspecified atom stereocenters. The van der Waals surface area contributed by atoms with Crippen molar-refractivity contribution in [3.63, 3.8) is 0 Å². The van der Waals surface area contributed by atoms with Crippen molar-refractivity contribution in [2.75, 3.05) is 13.2 Å². The summed E-state index contributed by atoms with van der Waals surface area (Å²) in [5, 5.41) is 0.256. The molecule has 6 nitrogen and oxygen atoms in total. The van der Waals surface area contributed by atoms with Gasteiger partial charge in [0.1, 0.15) is 0 Å². The van der Waals surface area contributed by atoms with Crippen LogP contribution in [0.25, 0.3) is 0 Å². The molecule has 1 aliphatic heterocycles. The number of aromatic nitrogens is 1. The largest absolute Gasteiger partial charge is 0.466 e. The Kier molecular flexibility index (Phi) is 3.71. The summed E-state index contributed by atoms with van der Waals surface area (Å²) in [6.45, 7) is 2.06. The minimum absolute atomic E-state index is 0.0271. The Morgan fingerprint density at radius 2 is 2.33 bits per heavy atom. The first kappa shape index (κ1) is 12.7. The van der Waals surface area contributed by atoms with Crippen molar-refractivity contribution < 1.29 is 18.5 Å². The maximum absolute atomic E-state index is 12.0. The first-order valence-corrected chi connectivity index (χ1v) is 6.60. The Balaban J connectivity index is 2.07. The van der Waals surface area contributed by atoms with E-state index >= 15 is 0 Å². The number of rotatable bonds is 4. The van der Waals surface area contributed by atoms with Crippen LogP contribution in [0.3, 0.4) is 0 Å². The van der Waals surface area contributed by atoms with Crippen LogP contribution in [0.1, 0.15) is 23.7 Å². The van der Waals surface area contributed by atoms with Gasteiger partial charge in [-0.1, -0.05) is 0 Å². The van der Waals surface area contributed by atoms with Crippen LogP contribution in [0.15, 0.2) is 23.4 Å². The highest BCUT2D eigenvalue weighted by Crippen LogP contribution is 2.24. The van der Waals surface area contributed by atoms with Crippen LogP contribution in [0.4, 0.5) is 0 Å². The molecule has 96 valence electrons. The van der Waals surface area contributed by atoms with Crippen molar-refractivity contribution in [2.45, 2.75) is 18.4 Å². The monoisotopic (exact) mass is 268 g/mol. The van der Waals surface area contributed by atoms with Gasteiger partial charge < -0.3 is 4.74 Å². The fourth-order valence-corrected chi connectivity index (χ4v) is 2.83. The normalized spacial score (nSPS) is 17.7. The van der Waals surface area contributed by atoms with Gasteiger partial charge in [-0.05, 0) is 19.1 Å². The van der Waals surface area contributed by atoms with Crippen LogP contribution in [0.2, 0.25) is 0 Å². The smallest absolute Gasteiger partial charge is 0.307 e. The van der Waals surface area contributed by atoms with Gasteiger partial charge in [-0.3, -0.25) is 13.9 Å². The quantitative estimate of drug-likeness (QED) is 0.744. The molecule has 0 N–H and O–H groups in total. The van der Waals surface area contributed by atoms with Crippen LogP contribution in [0.5, 0.6) is 0 Å². The Bertz CT molecular complexity index is 483. The number of hydrogen-bond acceptors (Lipinski definition) is 5. The summed E-state index contributed by atoms with van der Waals surface area (Å²) in [5.74, 6) is -0.771. The molecule has 0 aliphatic carbocycles. The Labute approximate surface area is 107 Å². The molecule has 1 aromatic rings. The third-order valence-electron chi connectivity index (χ3n) is 2.42. The average Bonchev–Trinajstić information content (AvgIpc) is 2.61. The zero-order chi connectivity index (χ0) is 13.1. The lowest BCUT2D eigenvalue weighted by molar-refractivity contribution is -0.143. The molecule has 1 aromatic heterocycles. The van der Waals surface area contributed by atoms with E-state index in [0.29, 0.717) is 5.56 Å². The topological polar surface area (TPSA) is 76.6 Å². The van der Waals surface area contributed by atoms with E-state index in [9.17, 15) is 13.8 Å². The van der Waals surface area contributed by atoms with Gasteiger partial charge in [0.05, 0.1) is 18.6 Å². The predicted molar refractivity (Wildman–Crippen MR) is 62.9 cm³/mol. The van der Waals surface area contributed by atoms with E-state index in [1.807, 2.05) is 0 Å². The highest BCUT2D eigenvalue weighted by molar-refractivity contribution is 7.83. The van der Waals surface area contributed by atoms with E-state index in [-0.39, 0.29) is 30.5 Å². The standard InChI is InChI=1S/C11H12N2O4S/c1-2-17-9(14)5-7-13-11(15)8-4-3-6-12-10(8)18(13)16/h3-4,6H,2,5,7H2,1H3. The first-order chi connectivity index (χ1) is 8.65. The van der Waals surface area contributed by atoms with E-state index in [1.54, 1.807) is 19.1 Å². The molecule has 0 radical (unpaired) electrons. The number of carbonyl (C=O) groups is 2. The second-order valence-corrected chi connectivity index (χ2v) is 4.89. The molecule has 2 heterocycles. The molecular weight excluding hydrogens is 256 g/mol. The second-order valence-electron chi connectivity index (χ2n) is 3.57. The van der Waals surface area contributed by atoms with Gasteiger partial charge in [-0.15, -0.1) is 0 Å². The Morgan fingerprint density at radius 3 is 3.00 bits per heavy atom. The molecule has 2 rings (SSSR count). The Morgan fingerprint density at radius 1 is 1.56 bits per heavy atom. The third-order valence-corrected chi connectivity index (χ3v) is 3.82. The molecule has 1 amide bonds. The first-order valence-electron chi connectivity index (χ1n) is 5.49. The van der Waals surface area contributed by atoms with Gasteiger partial charge in [0, 0.05) is 12.7 Å². The number of hydrogen-bond donors (Lipinski definition) is 0. The lowest BCUT2D eigenvalue weighted by Gasteiger charge is -2.12. The molecule has 7 heteroatoms. The van der Waals surface area contributed by atoms with Crippen molar-refractivity contribution in [3.05, 3.63) is 23.9 Å². The number of nitrogens with zero attached hydrogens (tertiary/aromatic N) is 2. The SMILES string of the molecule is CCOC(=O)CCN1C(=O)c2cccnc2S1=O. The molecule has 0 bridgehead atoms. The third kappa shape index (κ3) is 2.26. The lowest BCUT2D eigenvalue weighted by atomic mass is 10.2. The van der Waals surface area contributed by atoms with Crippen molar-refractivity contribution in [3.8, 4) is 0 Å². The van der Waals surface area contributed by atoms with Gasteiger partial charge in [0.15, 0.2) is 16.0 Å². The highest BCUT2D eigenvalue weighted by atomic mass is 32.2. The van der Waals surface area contributed by atoms with Crippen LogP contribution in [-0.2, 0) is 20.5 Å². The number of carbonyl (C=O) groups excluding carboxylic acids is 2. The number of pyridine rings is 1. The highest BCUT2D eigenvalue weighted by Gasteiger charge is 2.35. The van der Waals surface area contributed by atoms with Crippen molar-refractivity contribution in [1.82, 2.24) is 9.29 Å². The number of ether oxygens (including phenoxy) is 1. The summed E-state index contributed by atoms with van der Waals surface area (Å²) in [6.07, 6.45) is 1.51. The van der Waals surface area contributed by atoms with Crippen molar-refractivity contribution >= 4 is 22.9 Å². The van der Waals surface area contributed by atoms with E-state index < -0.39 is 17.0 Å². The molecule has 0 saturated heterocycles. The van der Waals surface area contributed by atoms with Gasteiger partial charge in [-0.25, -0.2) is 9.19 Å². The van der Waals surface area contributed by atoms with Gasteiger partial charge in [0.2, 0.25) is 0 Å². The summed E-state index contributed by atoms with van der Waals surface area (Å²) in [4.78, 5) is 27.1. The second kappa shape index (κ2) is 5.26. The van der Waals surface area contributed by atoms with Crippen molar-refractivity contribution in [1.29, 1.82) is 0 Å². The molecule has 0 fully saturated rings. The molecule has 0 spiro atoms. The predicted octanol–water partition coefficient (Wildman–Crippen LogP) is 0.513. The summed E-state index contributed by atoms with van der Waals surface area (Å²) >= 11 is 0. The zero-order valence-electron chi connectivity index (χ0n) is 9.79. The maximum Gasteiger partial charge on any atom is 0.307 e. The fourth-order valence-electron chi connectivity index (χ4n) is 1.62. The number of esters is 1. The van der Waals surface area contributed by atoms with Gasteiger partial charge in [0.25, 0.3) is 5.91 Å². The van der Waals surface area contributed by atoms with E-state index in [1.165, 1.54) is 6.20 Å². The summed E-state index contributed by atoms with van der Waals surface area (Å²) in [5.41, 5.74) is 0.333. The van der Waals surface area contributed by atoms with Crippen LogP contribution < -0.4 is 0 Å². The zero-order valence-corrected chi connectivity index (χ0v) is 10.6. The van der Waals surface area contributed by atoms with Crippen LogP contribution in [-0.4, -0.2) is 38.5 Å². The summed E-state index contributed by atoms with van der Waals surface area (Å²) in [7, 11) is -1.62. The number of fused-ring (bicyclic) bond motifs is 1. The van der Waals surface area contributed by atoms with Crippen molar-refractivity contribution in [2.24, 2.45) is 0 Å². The van der Waals surface area contributed by atoms with Gasteiger partial charge >= 0.3 is 5.97 Å². The van der Waals surface area contributed by atoms with Gasteiger partial charge in [-0.2, -0.15) is 0 Å². The minimum Gasteiger partial charge on any atom is -0.466 e.